The molecule has 0 fully saturated rings. The molecule has 3 N–H and O–H groups in total. The highest BCUT2D eigenvalue weighted by atomic mass is 31.2. The maximum absolute atomic E-state index is 12.6. The molecule has 0 bridgehead atoms. The van der Waals surface area contributed by atoms with Crippen LogP contribution in [0.4, 0.5) is 0 Å². The fourth-order valence-electron chi connectivity index (χ4n) is 3.53. The van der Waals surface area contributed by atoms with Crippen molar-refractivity contribution in [3.05, 3.63) is 0 Å². The number of hydrogen-bond donors (Lipinski definition) is 3. The average Bonchev–Trinajstić information content (AvgIpc) is 2.91. The van der Waals surface area contributed by atoms with Gasteiger partial charge in [0.2, 0.25) is 17.7 Å². The molecule has 0 rings (SSSR count). The predicted molar refractivity (Wildman–Crippen MR) is 161 cm³/mol. The summed E-state index contributed by atoms with van der Waals surface area (Å²) < 4.78 is 50.1. The Hall–Kier alpha value is -1.45. The van der Waals surface area contributed by atoms with Crippen molar-refractivity contribution in [3.63, 3.8) is 0 Å². The molecule has 3 amide bonds. The van der Waals surface area contributed by atoms with Crippen molar-refractivity contribution in [3.8, 4) is 0 Å². The van der Waals surface area contributed by atoms with Crippen molar-refractivity contribution in [1.29, 1.82) is 0 Å². The zero-order chi connectivity index (χ0) is 34.1. The van der Waals surface area contributed by atoms with E-state index in [0.29, 0.717) is 0 Å². The lowest BCUT2D eigenvalue weighted by Gasteiger charge is -2.27. The van der Waals surface area contributed by atoms with Crippen molar-refractivity contribution in [2.45, 2.75) is 61.5 Å². The Labute approximate surface area is 261 Å². The number of ether oxygens (including phenoxy) is 1. The third kappa shape index (κ3) is 18.5. The molecule has 0 aromatic carbocycles. The maximum atomic E-state index is 12.6. The number of aliphatic hydroxyl groups excluding tert-OH is 1. The third-order valence-electron chi connectivity index (χ3n) is 5.82. The minimum absolute atomic E-state index is 0.0208. The highest BCUT2D eigenvalue weighted by Crippen LogP contribution is 2.44. The van der Waals surface area contributed by atoms with E-state index in [-0.39, 0.29) is 88.9 Å². The Bertz CT molecular complexity index is 965. The summed E-state index contributed by atoms with van der Waals surface area (Å²) in [7, 11) is -9.25. The minimum atomic E-state index is -4.67. The molecule has 0 aliphatic carbocycles. The van der Waals surface area contributed by atoms with E-state index >= 15 is 0 Å². The van der Waals surface area contributed by atoms with E-state index < -0.39 is 40.8 Å². The van der Waals surface area contributed by atoms with Crippen LogP contribution in [0.3, 0.4) is 0 Å². The zero-order valence-corrected chi connectivity index (χ0v) is 29.0. The highest BCUT2D eigenvalue weighted by molar-refractivity contribution is 7.47. The van der Waals surface area contributed by atoms with Gasteiger partial charge in [0.15, 0.2) is 0 Å². The van der Waals surface area contributed by atoms with E-state index in [1.807, 2.05) is 13.8 Å². The molecular weight excluding hydrogens is 624 g/mol. The molecule has 0 saturated carbocycles. The maximum Gasteiger partial charge on any atom is 0.473 e. The Morgan fingerprint density at radius 3 is 1.30 bits per heavy atom. The van der Waals surface area contributed by atoms with E-state index in [2.05, 4.69) is 0 Å². The SMILES string of the molecule is CC(C)OCCN(CCOP(=O)(O)OCCN(COP(=O)(O)OCCN(CCO)C(=O)C(C)C)C(=O)C(C)C)C(=O)C(C)C. The van der Waals surface area contributed by atoms with Gasteiger partial charge >= 0.3 is 15.6 Å². The Morgan fingerprint density at radius 2 is 0.909 bits per heavy atom. The summed E-state index contributed by atoms with van der Waals surface area (Å²) in [6.07, 6.45) is -0.0208. The molecule has 0 aliphatic heterocycles. The lowest BCUT2D eigenvalue weighted by Crippen LogP contribution is -2.39. The fourth-order valence-corrected chi connectivity index (χ4v) is 4.91. The molecule has 2 atom stereocenters. The smallest absolute Gasteiger partial charge is 0.395 e. The fraction of sp³-hybridized carbons (Fsp3) is 0.885. The summed E-state index contributed by atoms with van der Waals surface area (Å²) in [5.41, 5.74) is 0. The number of hydrogen-bond acceptors (Lipinski definition) is 11. The second kappa shape index (κ2) is 21.4. The summed E-state index contributed by atoms with van der Waals surface area (Å²) in [4.78, 5) is 61.2. The Morgan fingerprint density at radius 1 is 0.568 bits per heavy atom. The largest absolute Gasteiger partial charge is 0.473 e. The first-order chi connectivity index (χ1) is 20.3. The van der Waals surface area contributed by atoms with Crippen molar-refractivity contribution in [2.24, 2.45) is 17.8 Å². The second-order valence-corrected chi connectivity index (χ2v) is 14.0. The number of carbonyl (C=O) groups is 3. The highest BCUT2D eigenvalue weighted by Gasteiger charge is 2.28. The topological polar surface area (TPSA) is 202 Å². The van der Waals surface area contributed by atoms with E-state index in [1.54, 1.807) is 41.5 Å². The van der Waals surface area contributed by atoms with E-state index in [0.717, 1.165) is 4.90 Å². The van der Waals surface area contributed by atoms with Crippen LogP contribution in [0.1, 0.15) is 55.4 Å². The number of nitrogens with zero attached hydrogens (tertiary/aromatic N) is 3. The van der Waals surface area contributed by atoms with Gasteiger partial charge in [0, 0.05) is 50.5 Å². The average molecular weight is 678 g/mol. The zero-order valence-electron chi connectivity index (χ0n) is 27.2. The van der Waals surface area contributed by atoms with Crippen molar-refractivity contribution in [1.82, 2.24) is 14.7 Å². The van der Waals surface area contributed by atoms with Gasteiger partial charge in [-0.05, 0) is 13.8 Å². The lowest BCUT2D eigenvalue weighted by atomic mass is 10.2. The minimum Gasteiger partial charge on any atom is -0.395 e. The molecule has 44 heavy (non-hydrogen) atoms. The number of phosphoric ester groups is 2. The Balaban J connectivity index is 4.98. The van der Waals surface area contributed by atoms with Gasteiger partial charge in [-0.1, -0.05) is 41.5 Å². The number of rotatable bonds is 24. The van der Waals surface area contributed by atoms with E-state index in [9.17, 15) is 33.3 Å². The molecule has 0 aliphatic rings. The molecular formula is C26H53N3O13P2. The number of aliphatic hydroxyl groups is 1. The van der Waals surface area contributed by atoms with Crippen molar-refractivity contribution >= 4 is 33.4 Å². The Kier molecular flexibility index (Phi) is 20.7. The van der Waals surface area contributed by atoms with Crippen LogP contribution in [-0.4, -0.2) is 126 Å². The van der Waals surface area contributed by atoms with Gasteiger partial charge in [-0.3, -0.25) is 32.5 Å². The monoisotopic (exact) mass is 677 g/mol. The van der Waals surface area contributed by atoms with Gasteiger partial charge in [-0.25, -0.2) is 9.13 Å². The summed E-state index contributed by atoms with van der Waals surface area (Å²) in [5, 5.41) is 9.16. The van der Waals surface area contributed by atoms with Crippen LogP contribution in [0.2, 0.25) is 0 Å². The summed E-state index contributed by atoms with van der Waals surface area (Å²) >= 11 is 0. The van der Waals surface area contributed by atoms with Crippen LogP contribution in [-0.2, 0) is 46.3 Å². The van der Waals surface area contributed by atoms with Gasteiger partial charge in [0.1, 0.15) is 6.73 Å². The molecule has 0 radical (unpaired) electrons. The van der Waals surface area contributed by atoms with E-state index in [4.69, 9.17) is 27.9 Å². The predicted octanol–water partition coefficient (Wildman–Crippen LogP) is 2.08. The van der Waals surface area contributed by atoms with Crippen LogP contribution in [0.25, 0.3) is 0 Å². The van der Waals surface area contributed by atoms with Crippen LogP contribution in [0.5, 0.6) is 0 Å². The van der Waals surface area contributed by atoms with Gasteiger partial charge in [-0.15, -0.1) is 0 Å². The summed E-state index contributed by atoms with van der Waals surface area (Å²) in [5.74, 6) is -2.14. The number of amides is 3. The first kappa shape index (κ1) is 42.6. The molecule has 2 unspecified atom stereocenters. The van der Waals surface area contributed by atoms with Crippen LogP contribution < -0.4 is 0 Å². The van der Waals surface area contributed by atoms with Crippen LogP contribution >= 0.6 is 15.6 Å². The van der Waals surface area contributed by atoms with Gasteiger partial charge in [0.25, 0.3) is 0 Å². The number of carbonyl (C=O) groups excluding carboxylic acids is 3. The van der Waals surface area contributed by atoms with Crippen molar-refractivity contribution < 1.29 is 61.2 Å². The van der Waals surface area contributed by atoms with Crippen LogP contribution in [0, 0.1) is 17.8 Å². The summed E-state index contributed by atoms with van der Waals surface area (Å²) in [6, 6.07) is 0. The number of phosphoric acid groups is 2. The first-order valence-corrected chi connectivity index (χ1v) is 17.6. The quantitative estimate of drug-likeness (QED) is 0.0991. The lowest BCUT2D eigenvalue weighted by molar-refractivity contribution is -0.138. The molecule has 18 heteroatoms. The first-order valence-electron chi connectivity index (χ1n) is 14.7. The molecule has 0 saturated heterocycles. The van der Waals surface area contributed by atoms with Gasteiger partial charge in [-0.2, -0.15) is 0 Å². The molecule has 16 nitrogen and oxygen atoms in total. The normalized spacial score (nSPS) is 14.6. The van der Waals surface area contributed by atoms with Crippen molar-refractivity contribution in [2.75, 3.05) is 72.5 Å². The molecule has 0 aromatic heterocycles. The van der Waals surface area contributed by atoms with Crippen LogP contribution in [0.15, 0.2) is 0 Å². The third-order valence-corrected chi connectivity index (χ3v) is 7.79. The molecule has 0 spiro atoms. The standard InChI is InChI=1S/C26H53N3O13P2/c1-20(2)24(31)27(9-14-30)11-16-41-44(36,37)42-19-29(26(33)22(5)6)13-18-40-43(34,35)39-17-12-28(25(32)21(3)4)10-15-38-23(7)8/h20-23,30H,9-19H2,1-8H3,(H,34,35)(H,36,37). The molecule has 260 valence electrons. The van der Waals surface area contributed by atoms with Gasteiger partial charge in [0.05, 0.1) is 39.1 Å². The van der Waals surface area contributed by atoms with E-state index in [1.165, 1.54) is 9.80 Å². The second-order valence-electron chi connectivity index (χ2n) is 11.1. The molecule has 0 heterocycles. The summed E-state index contributed by atoms with van der Waals surface area (Å²) in [6.45, 7) is 11.8. The molecule has 0 aromatic rings. The van der Waals surface area contributed by atoms with Gasteiger partial charge < -0.3 is 34.3 Å².